The van der Waals surface area contributed by atoms with Gasteiger partial charge in [-0.2, -0.15) is 0 Å². The molecule has 0 aliphatic carbocycles. The van der Waals surface area contributed by atoms with E-state index in [1.54, 1.807) is 6.07 Å². The highest BCUT2D eigenvalue weighted by Crippen LogP contribution is 2.17. The fourth-order valence-corrected chi connectivity index (χ4v) is 1.64. The van der Waals surface area contributed by atoms with Crippen LogP contribution in [0.2, 0.25) is 0 Å². The number of hydrogen-bond acceptors (Lipinski definition) is 1. The van der Waals surface area contributed by atoms with E-state index in [2.05, 4.69) is 0 Å². The molecule has 1 aromatic carbocycles. The van der Waals surface area contributed by atoms with Gasteiger partial charge in [0.2, 0.25) is 0 Å². The largest absolute Gasteiger partial charge is 0.346 e. The van der Waals surface area contributed by atoms with Crippen LogP contribution in [0.3, 0.4) is 0 Å². The van der Waals surface area contributed by atoms with E-state index in [1.165, 1.54) is 12.1 Å². The molecule has 2 N–H and O–H groups in total. The first-order valence-electron chi connectivity index (χ1n) is 4.67. The van der Waals surface area contributed by atoms with E-state index in [0.717, 1.165) is 17.4 Å². The summed E-state index contributed by atoms with van der Waals surface area (Å²) in [7, 11) is 0. The van der Waals surface area contributed by atoms with Gasteiger partial charge >= 0.3 is 0 Å². The average molecular weight is 192 g/mol. The van der Waals surface area contributed by atoms with Crippen molar-refractivity contribution in [1.82, 2.24) is 4.57 Å². The van der Waals surface area contributed by atoms with Crippen molar-refractivity contribution in [3.8, 4) is 0 Å². The van der Waals surface area contributed by atoms with Crippen molar-refractivity contribution in [3.05, 3.63) is 36.3 Å². The van der Waals surface area contributed by atoms with Crippen molar-refractivity contribution < 1.29 is 4.39 Å². The third-order valence-electron chi connectivity index (χ3n) is 2.22. The van der Waals surface area contributed by atoms with E-state index in [1.807, 2.05) is 23.8 Å². The summed E-state index contributed by atoms with van der Waals surface area (Å²) in [6.07, 6.45) is 1.94. The number of hydrogen-bond donors (Lipinski definition) is 1. The molecule has 1 aromatic heterocycles. The van der Waals surface area contributed by atoms with Crippen molar-refractivity contribution in [2.75, 3.05) is 0 Å². The lowest BCUT2D eigenvalue weighted by Gasteiger charge is -2.07. The zero-order valence-electron chi connectivity index (χ0n) is 8.07. The Kier molecular flexibility index (Phi) is 2.25. The van der Waals surface area contributed by atoms with Gasteiger partial charge < -0.3 is 10.3 Å². The second-order valence-electron chi connectivity index (χ2n) is 3.65. The molecule has 0 saturated carbocycles. The molecule has 0 saturated heterocycles. The van der Waals surface area contributed by atoms with Gasteiger partial charge in [0.25, 0.3) is 0 Å². The monoisotopic (exact) mass is 192 g/mol. The highest BCUT2D eigenvalue weighted by molar-refractivity contribution is 5.80. The smallest absolute Gasteiger partial charge is 0.123 e. The molecule has 0 radical (unpaired) electrons. The van der Waals surface area contributed by atoms with Crippen LogP contribution in [-0.2, 0) is 6.54 Å². The Morgan fingerprint density at radius 2 is 2.21 bits per heavy atom. The third-order valence-corrected chi connectivity index (χ3v) is 2.22. The van der Waals surface area contributed by atoms with Crippen molar-refractivity contribution in [1.29, 1.82) is 0 Å². The van der Waals surface area contributed by atoms with Gasteiger partial charge in [0.1, 0.15) is 5.82 Å². The molecule has 2 aromatic rings. The second-order valence-corrected chi connectivity index (χ2v) is 3.65. The Morgan fingerprint density at radius 1 is 1.43 bits per heavy atom. The molecule has 1 heterocycles. The van der Waals surface area contributed by atoms with Crippen LogP contribution in [0.15, 0.2) is 30.5 Å². The first-order valence-corrected chi connectivity index (χ1v) is 4.67. The predicted molar refractivity (Wildman–Crippen MR) is 55.5 cm³/mol. The summed E-state index contributed by atoms with van der Waals surface area (Å²) in [4.78, 5) is 0. The van der Waals surface area contributed by atoms with Gasteiger partial charge in [-0.25, -0.2) is 4.39 Å². The van der Waals surface area contributed by atoms with Gasteiger partial charge in [-0.05, 0) is 31.2 Å². The lowest BCUT2D eigenvalue weighted by molar-refractivity contribution is 0.604. The molecule has 2 nitrogen and oxygen atoms in total. The molecular formula is C11H13FN2. The van der Waals surface area contributed by atoms with Crippen LogP contribution in [0.4, 0.5) is 4.39 Å². The number of rotatable bonds is 2. The second kappa shape index (κ2) is 3.42. The Bertz CT molecular complexity index is 445. The molecule has 74 valence electrons. The molecule has 0 aliphatic heterocycles. The maximum atomic E-state index is 12.9. The first-order chi connectivity index (χ1) is 6.66. The van der Waals surface area contributed by atoms with Crippen molar-refractivity contribution in [2.45, 2.75) is 19.5 Å². The molecule has 0 fully saturated rings. The summed E-state index contributed by atoms with van der Waals surface area (Å²) < 4.78 is 14.9. The highest BCUT2D eigenvalue weighted by atomic mass is 19.1. The summed E-state index contributed by atoms with van der Waals surface area (Å²) in [5, 5.41) is 0.922. The third kappa shape index (κ3) is 1.63. The quantitative estimate of drug-likeness (QED) is 0.776. The molecule has 0 bridgehead atoms. The minimum atomic E-state index is -0.198. The van der Waals surface area contributed by atoms with Gasteiger partial charge in [-0.3, -0.25) is 0 Å². The van der Waals surface area contributed by atoms with Crippen LogP contribution < -0.4 is 5.73 Å². The van der Waals surface area contributed by atoms with E-state index >= 15 is 0 Å². The van der Waals surface area contributed by atoms with Crippen LogP contribution in [0, 0.1) is 5.82 Å². The Labute approximate surface area is 82.1 Å². The fraction of sp³-hybridized carbons (Fsp3) is 0.273. The Hall–Kier alpha value is -1.35. The van der Waals surface area contributed by atoms with Crippen molar-refractivity contribution in [3.63, 3.8) is 0 Å². The summed E-state index contributed by atoms with van der Waals surface area (Å²) in [5.74, 6) is -0.198. The number of nitrogens with zero attached hydrogens (tertiary/aromatic N) is 1. The minimum absolute atomic E-state index is 0.107. The molecule has 1 atom stereocenters. The van der Waals surface area contributed by atoms with Gasteiger partial charge in [0.15, 0.2) is 0 Å². The van der Waals surface area contributed by atoms with E-state index < -0.39 is 0 Å². The number of nitrogens with two attached hydrogens (primary N) is 1. The summed E-state index contributed by atoms with van der Waals surface area (Å²) in [5.41, 5.74) is 6.74. The average Bonchev–Trinajstić information content (AvgIpc) is 2.47. The molecular weight excluding hydrogens is 179 g/mol. The van der Waals surface area contributed by atoms with Crippen molar-refractivity contribution >= 4 is 10.9 Å². The topological polar surface area (TPSA) is 30.9 Å². The van der Waals surface area contributed by atoms with Crippen LogP contribution in [0.25, 0.3) is 10.9 Å². The van der Waals surface area contributed by atoms with Crippen molar-refractivity contribution in [2.24, 2.45) is 5.73 Å². The van der Waals surface area contributed by atoms with E-state index in [4.69, 9.17) is 5.73 Å². The highest BCUT2D eigenvalue weighted by Gasteiger charge is 2.03. The number of fused-ring (bicyclic) bond motifs is 1. The zero-order valence-corrected chi connectivity index (χ0v) is 8.07. The lowest BCUT2D eigenvalue weighted by Crippen LogP contribution is -2.21. The van der Waals surface area contributed by atoms with Gasteiger partial charge in [0, 0.05) is 29.7 Å². The summed E-state index contributed by atoms with van der Waals surface area (Å²) in [6.45, 7) is 2.71. The van der Waals surface area contributed by atoms with Crippen LogP contribution >= 0.6 is 0 Å². The lowest BCUT2D eigenvalue weighted by atomic mass is 10.2. The molecule has 14 heavy (non-hydrogen) atoms. The number of aromatic nitrogens is 1. The van der Waals surface area contributed by atoms with Gasteiger partial charge in [0.05, 0.1) is 0 Å². The van der Waals surface area contributed by atoms with Gasteiger partial charge in [-0.1, -0.05) is 0 Å². The van der Waals surface area contributed by atoms with Gasteiger partial charge in [-0.15, -0.1) is 0 Å². The van der Waals surface area contributed by atoms with E-state index in [-0.39, 0.29) is 11.9 Å². The van der Waals surface area contributed by atoms with E-state index in [0.29, 0.717) is 0 Å². The first kappa shape index (κ1) is 9.21. The predicted octanol–water partition coefficient (Wildman–Crippen LogP) is 2.13. The SMILES string of the molecule is C[C@H](N)Cn1ccc2cc(F)ccc21. The molecule has 0 unspecified atom stereocenters. The fourth-order valence-electron chi connectivity index (χ4n) is 1.64. The maximum absolute atomic E-state index is 12.9. The molecule has 0 aliphatic rings. The normalized spacial score (nSPS) is 13.4. The Morgan fingerprint density at radius 3 is 2.93 bits per heavy atom. The standard InChI is InChI=1S/C11H13FN2/c1-8(13)7-14-5-4-9-6-10(12)2-3-11(9)14/h2-6,8H,7,13H2,1H3/t8-/m0/s1. The zero-order chi connectivity index (χ0) is 10.1. The summed E-state index contributed by atoms with van der Waals surface area (Å²) in [6, 6.07) is 6.80. The van der Waals surface area contributed by atoms with Crippen LogP contribution in [-0.4, -0.2) is 10.6 Å². The van der Waals surface area contributed by atoms with Crippen LogP contribution in [0.1, 0.15) is 6.92 Å². The molecule has 0 amide bonds. The van der Waals surface area contributed by atoms with Crippen LogP contribution in [0.5, 0.6) is 0 Å². The number of benzene rings is 1. The Balaban J connectivity index is 2.47. The molecule has 3 heteroatoms. The molecule has 2 rings (SSSR count). The summed E-state index contributed by atoms with van der Waals surface area (Å²) >= 11 is 0. The number of halogens is 1. The van der Waals surface area contributed by atoms with E-state index in [9.17, 15) is 4.39 Å². The minimum Gasteiger partial charge on any atom is -0.346 e. The molecule has 0 spiro atoms. The maximum Gasteiger partial charge on any atom is 0.123 e.